The van der Waals surface area contributed by atoms with Crippen LogP contribution >= 0.6 is 23.4 Å². The molecule has 0 bridgehead atoms. The van der Waals surface area contributed by atoms with Gasteiger partial charge in [0.15, 0.2) is 5.17 Å². The van der Waals surface area contributed by atoms with Crippen LogP contribution in [0.3, 0.4) is 0 Å². The number of anilines is 1. The topological polar surface area (TPSA) is 71.0 Å². The summed E-state index contributed by atoms with van der Waals surface area (Å²) in [7, 11) is 1.54. The van der Waals surface area contributed by atoms with Crippen molar-refractivity contribution in [1.82, 2.24) is 4.90 Å². The van der Waals surface area contributed by atoms with Crippen LogP contribution in [0.15, 0.2) is 47.5 Å². The van der Waals surface area contributed by atoms with Crippen LogP contribution in [0.1, 0.15) is 18.9 Å². The van der Waals surface area contributed by atoms with Crippen LogP contribution in [0.25, 0.3) is 0 Å². The summed E-state index contributed by atoms with van der Waals surface area (Å²) in [5.74, 6) is 0.195. The molecule has 152 valence electrons. The quantitative estimate of drug-likeness (QED) is 0.723. The SMILES string of the molecule is CCN1C(=O)[C@H](CC(=O)Nc2ccccc2OC)SC1=Nc1ccc(C)c(Cl)c1. The molecule has 1 heterocycles. The van der Waals surface area contributed by atoms with E-state index in [1.54, 1.807) is 30.2 Å². The predicted molar refractivity (Wildman–Crippen MR) is 118 cm³/mol. The van der Waals surface area contributed by atoms with Crippen molar-refractivity contribution < 1.29 is 14.3 Å². The Hall–Kier alpha value is -2.51. The second-order valence-electron chi connectivity index (χ2n) is 6.47. The van der Waals surface area contributed by atoms with Crippen molar-refractivity contribution in [2.24, 2.45) is 4.99 Å². The molecule has 29 heavy (non-hydrogen) atoms. The van der Waals surface area contributed by atoms with Gasteiger partial charge in [0.2, 0.25) is 11.8 Å². The number of amides is 2. The molecule has 0 radical (unpaired) electrons. The van der Waals surface area contributed by atoms with Gasteiger partial charge >= 0.3 is 0 Å². The van der Waals surface area contributed by atoms with E-state index in [1.807, 2.05) is 38.1 Å². The van der Waals surface area contributed by atoms with E-state index in [2.05, 4.69) is 10.3 Å². The Morgan fingerprint density at radius 3 is 2.76 bits per heavy atom. The maximum absolute atomic E-state index is 12.8. The molecule has 0 aliphatic carbocycles. The number of nitrogens with zero attached hydrogens (tertiary/aromatic N) is 2. The average molecular weight is 432 g/mol. The molecule has 1 fully saturated rings. The van der Waals surface area contributed by atoms with Gasteiger partial charge in [-0.25, -0.2) is 4.99 Å². The number of carbonyl (C=O) groups is 2. The fourth-order valence-corrected chi connectivity index (χ4v) is 4.29. The Morgan fingerprint density at radius 1 is 1.31 bits per heavy atom. The highest BCUT2D eigenvalue weighted by Gasteiger charge is 2.38. The third kappa shape index (κ3) is 4.92. The number of methoxy groups -OCH3 is 1. The number of ether oxygens (including phenoxy) is 1. The van der Waals surface area contributed by atoms with Gasteiger partial charge in [0.1, 0.15) is 11.0 Å². The van der Waals surface area contributed by atoms with E-state index in [1.165, 1.54) is 11.8 Å². The highest BCUT2D eigenvalue weighted by atomic mass is 35.5. The third-order valence-corrected chi connectivity index (χ3v) is 6.05. The number of hydrogen-bond donors (Lipinski definition) is 1. The number of nitrogens with one attached hydrogen (secondary N) is 1. The van der Waals surface area contributed by atoms with Crippen molar-refractivity contribution >= 4 is 51.7 Å². The summed E-state index contributed by atoms with van der Waals surface area (Å²) in [6, 6.07) is 12.7. The zero-order chi connectivity index (χ0) is 21.0. The molecule has 1 aliphatic rings. The van der Waals surface area contributed by atoms with Crippen LogP contribution in [0.5, 0.6) is 5.75 Å². The van der Waals surface area contributed by atoms with Crippen LogP contribution in [0, 0.1) is 6.92 Å². The number of amidine groups is 1. The number of para-hydroxylation sites is 2. The number of aryl methyl sites for hydroxylation is 1. The van der Waals surface area contributed by atoms with Crippen molar-refractivity contribution in [2.45, 2.75) is 25.5 Å². The molecule has 0 saturated carbocycles. The molecule has 8 heteroatoms. The summed E-state index contributed by atoms with van der Waals surface area (Å²) in [4.78, 5) is 31.5. The largest absolute Gasteiger partial charge is 0.495 e. The molecule has 2 amide bonds. The van der Waals surface area contributed by atoms with Crippen LogP contribution in [0.2, 0.25) is 5.02 Å². The van der Waals surface area contributed by atoms with Gasteiger partial charge in [-0.2, -0.15) is 0 Å². The summed E-state index contributed by atoms with van der Waals surface area (Å²) in [5.41, 5.74) is 2.21. The van der Waals surface area contributed by atoms with E-state index in [0.717, 1.165) is 5.56 Å². The third-order valence-electron chi connectivity index (χ3n) is 4.47. The maximum atomic E-state index is 12.8. The zero-order valence-electron chi connectivity index (χ0n) is 16.4. The first-order valence-corrected chi connectivity index (χ1v) is 10.4. The smallest absolute Gasteiger partial charge is 0.242 e. The van der Waals surface area contributed by atoms with E-state index in [9.17, 15) is 9.59 Å². The van der Waals surface area contributed by atoms with Gasteiger partial charge < -0.3 is 10.1 Å². The standard InChI is InChI=1S/C21H22ClN3O3S/c1-4-25-20(27)18(12-19(26)24-16-7-5-6-8-17(16)28-3)29-21(25)23-14-10-9-13(2)15(22)11-14/h5-11,18H,4,12H2,1-3H3,(H,24,26)/t18-/m0/s1. The molecular weight excluding hydrogens is 410 g/mol. The number of halogens is 1. The van der Waals surface area contributed by atoms with Crippen LogP contribution in [-0.4, -0.2) is 40.8 Å². The molecule has 1 saturated heterocycles. The Balaban J connectivity index is 1.73. The number of benzene rings is 2. The molecular formula is C21H22ClN3O3S. The van der Waals surface area contributed by atoms with Gasteiger partial charge in [-0.1, -0.05) is 41.6 Å². The lowest BCUT2D eigenvalue weighted by molar-refractivity contribution is -0.128. The van der Waals surface area contributed by atoms with Gasteiger partial charge in [-0.3, -0.25) is 14.5 Å². The molecule has 6 nitrogen and oxygen atoms in total. The molecule has 3 rings (SSSR count). The van der Waals surface area contributed by atoms with Crippen LogP contribution < -0.4 is 10.1 Å². The van der Waals surface area contributed by atoms with Crippen LogP contribution in [-0.2, 0) is 9.59 Å². The molecule has 1 atom stereocenters. The Labute approximate surface area is 179 Å². The second-order valence-corrected chi connectivity index (χ2v) is 8.05. The van der Waals surface area contributed by atoms with Gasteiger partial charge in [-0.15, -0.1) is 0 Å². The van der Waals surface area contributed by atoms with Crippen molar-refractivity contribution in [2.75, 3.05) is 19.0 Å². The molecule has 2 aromatic carbocycles. The first kappa shape index (κ1) is 21.2. The fourth-order valence-electron chi connectivity index (χ4n) is 2.90. The minimum absolute atomic E-state index is 0.0473. The molecule has 2 aromatic rings. The summed E-state index contributed by atoms with van der Waals surface area (Å²) < 4.78 is 5.25. The predicted octanol–water partition coefficient (Wildman–Crippen LogP) is 4.64. The van der Waals surface area contributed by atoms with Crippen molar-refractivity contribution in [3.63, 3.8) is 0 Å². The monoisotopic (exact) mass is 431 g/mol. The van der Waals surface area contributed by atoms with E-state index in [0.29, 0.717) is 33.9 Å². The van der Waals surface area contributed by atoms with Crippen LogP contribution in [0.4, 0.5) is 11.4 Å². The average Bonchev–Trinajstić information content (AvgIpc) is 2.99. The Morgan fingerprint density at radius 2 is 2.07 bits per heavy atom. The number of thioether (sulfide) groups is 1. The van der Waals surface area contributed by atoms with Crippen molar-refractivity contribution in [3.8, 4) is 5.75 Å². The highest BCUT2D eigenvalue weighted by Crippen LogP contribution is 2.33. The lowest BCUT2D eigenvalue weighted by atomic mass is 10.2. The molecule has 0 spiro atoms. The fraction of sp³-hybridized carbons (Fsp3) is 0.286. The van der Waals surface area contributed by atoms with Gasteiger partial charge in [0, 0.05) is 18.0 Å². The van der Waals surface area contributed by atoms with E-state index in [4.69, 9.17) is 16.3 Å². The van der Waals surface area contributed by atoms with E-state index < -0.39 is 5.25 Å². The zero-order valence-corrected chi connectivity index (χ0v) is 18.0. The minimum Gasteiger partial charge on any atom is -0.495 e. The van der Waals surface area contributed by atoms with Gasteiger partial charge in [-0.05, 0) is 43.7 Å². The minimum atomic E-state index is -0.524. The van der Waals surface area contributed by atoms with Crippen molar-refractivity contribution in [1.29, 1.82) is 0 Å². The summed E-state index contributed by atoms with van der Waals surface area (Å²) in [5, 5.41) is 3.49. The lowest BCUT2D eigenvalue weighted by Gasteiger charge is -2.13. The molecule has 0 aromatic heterocycles. The van der Waals surface area contributed by atoms with E-state index in [-0.39, 0.29) is 18.2 Å². The molecule has 1 N–H and O–H groups in total. The first-order chi connectivity index (χ1) is 13.9. The summed E-state index contributed by atoms with van der Waals surface area (Å²) in [6.45, 7) is 4.28. The first-order valence-electron chi connectivity index (χ1n) is 9.18. The number of carbonyl (C=O) groups excluding carboxylic acids is 2. The van der Waals surface area contributed by atoms with Gasteiger partial charge in [0.25, 0.3) is 0 Å². The number of rotatable bonds is 6. The Kier molecular flexibility index (Phi) is 6.82. The van der Waals surface area contributed by atoms with Gasteiger partial charge in [0.05, 0.1) is 18.5 Å². The molecule has 1 aliphatic heterocycles. The second kappa shape index (κ2) is 9.33. The highest BCUT2D eigenvalue weighted by molar-refractivity contribution is 8.15. The van der Waals surface area contributed by atoms with Crippen molar-refractivity contribution in [3.05, 3.63) is 53.1 Å². The van der Waals surface area contributed by atoms with E-state index >= 15 is 0 Å². The lowest BCUT2D eigenvalue weighted by Crippen LogP contribution is -2.33. The number of hydrogen-bond acceptors (Lipinski definition) is 5. The summed E-state index contributed by atoms with van der Waals surface area (Å²) in [6.07, 6.45) is 0.0473. The normalized spacial score (nSPS) is 17.7. The number of aliphatic imine (C=N–C) groups is 1. The molecule has 0 unspecified atom stereocenters. The Bertz CT molecular complexity index is 964. The maximum Gasteiger partial charge on any atom is 0.242 e. The summed E-state index contributed by atoms with van der Waals surface area (Å²) >= 11 is 7.47.